The molecule has 128 valence electrons. The monoisotopic (exact) mass is 371 g/mol. The van der Waals surface area contributed by atoms with Gasteiger partial charge < -0.3 is 0 Å². The maximum atomic E-state index is 12.2. The van der Waals surface area contributed by atoms with Gasteiger partial charge in [-0.15, -0.1) is 10.2 Å². The average Bonchev–Trinajstić information content (AvgIpc) is 3.39. The molecular weight excluding hydrogens is 354 g/mol. The minimum atomic E-state index is -0.0977. The first-order chi connectivity index (χ1) is 12.2. The summed E-state index contributed by atoms with van der Waals surface area (Å²) in [6.07, 6.45) is 3.12. The zero-order valence-electron chi connectivity index (χ0n) is 13.7. The van der Waals surface area contributed by atoms with Crippen molar-refractivity contribution in [1.82, 2.24) is 20.2 Å². The molecule has 2 heterocycles. The molecular formula is C17H17N5OS2. The van der Waals surface area contributed by atoms with Gasteiger partial charge in [-0.2, -0.15) is 0 Å². The first-order valence-corrected chi connectivity index (χ1v) is 10.0. The van der Waals surface area contributed by atoms with Crippen molar-refractivity contribution in [2.75, 3.05) is 11.1 Å². The molecule has 2 aromatic heterocycles. The molecule has 1 aliphatic rings. The molecule has 8 heteroatoms. The Labute approximate surface area is 153 Å². The van der Waals surface area contributed by atoms with Crippen molar-refractivity contribution in [3.63, 3.8) is 0 Å². The van der Waals surface area contributed by atoms with Gasteiger partial charge in [0.1, 0.15) is 15.9 Å². The predicted octanol–water partition coefficient (Wildman–Crippen LogP) is 3.65. The molecule has 0 aliphatic heterocycles. The van der Waals surface area contributed by atoms with Crippen molar-refractivity contribution in [2.45, 2.75) is 37.1 Å². The number of thioether (sulfide) groups is 1. The molecule has 25 heavy (non-hydrogen) atoms. The Hall–Kier alpha value is -2.06. The van der Waals surface area contributed by atoms with Crippen molar-refractivity contribution >= 4 is 45.0 Å². The van der Waals surface area contributed by atoms with Gasteiger partial charge in [-0.25, -0.2) is 9.97 Å². The first kappa shape index (κ1) is 16.4. The van der Waals surface area contributed by atoms with Gasteiger partial charge in [-0.3, -0.25) is 10.1 Å². The van der Waals surface area contributed by atoms with Crippen LogP contribution in [0.3, 0.4) is 0 Å². The first-order valence-electron chi connectivity index (χ1n) is 8.24. The molecule has 0 saturated heterocycles. The van der Waals surface area contributed by atoms with E-state index in [1.54, 1.807) is 0 Å². The van der Waals surface area contributed by atoms with Crippen LogP contribution in [0.1, 0.15) is 36.5 Å². The van der Waals surface area contributed by atoms with Crippen molar-refractivity contribution < 1.29 is 4.79 Å². The highest BCUT2D eigenvalue weighted by molar-refractivity contribution is 8.00. The lowest BCUT2D eigenvalue weighted by Gasteiger charge is -2.07. The van der Waals surface area contributed by atoms with Crippen LogP contribution in [0.15, 0.2) is 29.3 Å². The molecule has 1 N–H and O–H groups in total. The maximum absolute atomic E-state index is 12.2. The molecule has 0 atom stereocenters. The molecule has 1 aromatic carbocycles. The molecule has 0 radical (unpaired) electrons. The summed E-state index contributed by atoms with van der Waals surface area (Å²) >= 11 is 2.85. The number of benzene rings is 1. The Bertz CT molecular complexity index is 922. The van der Waals surface area contributed by atoms with Gasteiger partial charge in [-0.05, 0) is 25.3 Å². The molecule has 4 rings (SSSR count). The molecule has 0 unspecified atom stereocenters. The molecule has 1 saturated carbocycles. The highest BCUT2D eigenvalue weighted by Crippen LogP contribution is 2.39. The summed E-state index contributed by atoms with van der Waals surface area (Å²) in [4.78, 5) is 21.6. The predicted molar refractivity (Wildman–Crippen MR) is 100 cm³/mol. The second-order valence-corrected chi connectivity index (χ2v) is 7.90. The Morgan fingerprint density at radius 2 is 2.12 bits per heavy atom. The van der Waals surface area contributed by atoms with E-state index in [0.717, 1.165) is 46.0 Å². The van der Waals surface area contributed by atoms with Crippen LogP contribution in [-0.4, -0.2) is 31.8 Å². The fraction of sp³-hybridized carbons (Fsp3) is 0.353. The van der Waals surface area contributed by atoms with Gasteiger partial charge >= 0.3 is 0 Å². The number of carbonyl (C=O) groups is 1. The highest BCUT2D eigenvalue weighted by atomic mass is 32.2. The van der Waals surface area contributed by atoms with Gasteiger partial charge in [0.25, 0.3) is 0 Å². The Morgan fingerprint density at radius 3 is 2.88 bits per heavy atom. The Balaban J connectivity index is 1.49. The number of aromatic nitrogens is 4. The smallest absolute Gasteiger partial charge is 0.236 e. The van der Waals surface area contributed by atoms with Crippen LogP contribution < -0.4 is 5.32 Å². The van der Waals surface area contributed by atoms with Crippen molar-refractivity contribution in [3.8, 4) is 0 Å². The van der Waals surface area contributed by atoms with E-state index < -0.39 is 0 Å². The van der Waals surface area contributed by atoms with E-state index >= 15 is 0 Å². The summed E-state index contributed by atoms with van der Waals surface area (Å²) in [5.41, 5.74) is 0.944. The van der Waals surface area contributed by atoms with E-state index in [1.165, 1.54) is 23.1 Å². The van der Waals surface area contributed by atoms with Crippen molar-refractivity contribution in [2.24, 2.45) is 0 Å². The van der Waals surface area contributed by atoms with Crippen LogP contribution >= 0.6 is 23.1 Å². The Kier molecular flexibility index (Phi) is 4.63. The number of anilines is 1. The molecule has 1 fully saturated rings. The largest absolute Gasteiger partial charge is 0.300 e. The van der Waals surface area contributed by atoms with Crippen molar-refractivity contribution in [1.29, 1.82) is 0 Å². The summed E-state index contributed by atoms with van der Waals surface area (Å²) in [6.45, 7) is 2.01. The molecule has 1 amide bonds. The van der Waals surface area contributed by atoms with Crippen LogP contribution in [-0.2, 0) is 11.2 Å². The third-order valence-corrected chi connectivity index (χ3v) is 5.86. The summed E-state index contributed by atoms with van der Waals surface area (Å²) in [5, 5.41) is 14.1. The Morgan fingerprint density at radius 1 is 1.28 bits per heavy atom. The number of para-hydroxylation sites is 1. The average molecular weight is 371 g/mol. The van der Waals surface area contributed by atoms with E-state index in [1.807, 2.05) is 31.2 Å². The van der Waals surface area contributed by atoms with Crippen LogP contribution in [0.4, 0.5) is 5.13 Å². The van der Waals surface area contributed by atoms with Crippen LogP contribution in [0.25, 0.3) is 10.9 Å². The van der Waals surface area contributed by atoms with Gasteiger partial charge in [0, 0.05) is 11.3 Å². The third kappa shape index (κ3) is 3.80. The minimum absolute atomic E-state index is 0.0977. The highest BCUT2D eigenvalue weighted by Gasteiger charge is 2.27. The van der Waals surface area contributed by atoms with Gasteiger partial charge in [0.05, 0.1) is 11.3 Å². The van der Waals surface area contributed by atoms with Crippen LogP contribution in [0, 0.1) is 0 Å². The van der Waals surface area contributed by atoms with Gasteiger partial charge in [0.15, 0.2) is 0 Å². The standard InChI is InChI=1S/C17H17N5OS2/c1-2-14-21-22-17(25-14)19-13(23)9-24-16-11-5-3-4-6-12(11)18-15(20-16)10-7-8-10/h3-6,10H,2,7-9H2,1H3,(H,19,22,23). The van der Waals surface area contributed by atoms with Crippen LogP contribution in [0.5, 0.6) is 0 Å². The lowest BCUT2D eigenvalue weighted by molar-refractivity contribution is -0.113. The summed E-state index contributed by atoms with van der Waals surface area (Å²) < 4.78 is 0. The summed E-state index contributed by atoms with van der Waals surface area (Å²) in [5.74, 6) is 1.57. The van der Waals surface area contributed by atoms with Gasteiger partial charge in [0.2, 0.25) is 11.0 Å². The number of fused-ring (bicyclic) bond motifs is 1. The number of nitrogens with one attached hydrogen (secondary N) is 1. The summed E-state index contributed by atoms with van der Waals surface area (Å²) in [7, 11) is 0. The van der Waals surface area contributed by atoms with Crippen LogP contribution in [0.2, 0.25) is 0 Å². The second kappa shape index (κ2) is 7.05. The fourth-order valence-corrected chi connectivity index (χ4v) is 3.96. The number of carbonyl (C=O) groups excluding carboxylic acids is 1. The maximum Gasteiger partial charge on any atom is 0.236 e. The van der Waals surface area contributed by atoms with Crippen molar-refractivity contribution in [3.05, 3.63) is 35.1 Å². The topological polar surface area (TPSA) is 80.7 Å². The lowest BCUT2D eigenvalue weighted by Crippen LogP contribution is -2.14. The lowest BCUT2D eigenvalue weighted by atomic mass is 10.2. The van der Waals surface area contributed by atoms with E-state index in [0.29, 0.717) is 11.0 Å². The van der Waals surface area contributed by atoms with Gasteiger partial charge in [-0.1, -0.05) is 48.2 Å². The molecule has 0 bridgehead atoms. The molecule has 0 spiro atoms. The minimum Gasteiger partial charge on any atom is -0.300 e. The summed E-state index contributed by atoms with van der Waals surface area (Å²) in [6, 6.07) is 7.96. The quantitative estimate of drug-likeness (QED) is 0.526. The van der Waals surface area contributed by atoms with E-state index in [4.69, 9.17) is 4.98 Å². The normalized spacial score (nSPS) is 14.0. The number of hydrogen-bond donors (Lipinski definition) is 1. The number of nitrogens with zero attached hydrogens (tertiary/aromatic N) is 4. The number of aryl methyl sites for hydroxylation is 1. The molecule has 6 nitrogen and oxygen atoms in total. The fourth-order valence-electron chi connectivity index (χ4n) is 2.44. The SMILES string of the molecule is CCc1nnc(NC(=O)CSc2nc(C3CC3)nc3ccccc23)s1. The second-order valence-electron chi connectivity index (χ2n) is 5.87. The number of amides is 1. The molecule has 3 aromatic rings. The number of rotatable bonds is 6. The zero-order valence-corrected chi connectivity index (χ0v) is 15.4. The number of hydrogen-bond acceptors (Lipinski definition) is 7. The zero-order chi connectivity index (χ0) is 17.2. The molecule has 1 aliphatic carbocycles. The van der Waals surface area contributed by atoms with E-state index in [2.05, 4.69) is 20.5 Å². The third-order valence-electron chi connectivity index (χ3n) is 3.88. The van der Waals surface area contributed by atoms with E-state index in [-0.39, 0.29) is 11.7 Å². The van der Waals surface area contributed by atoms with E-state index in [9.17, 15) is 4.79 Å².